The van der Waals surface area contributed by atoms with Gasteiger partial charge in [-0.25, -0.2) is 0 Å². The third-order valence-corrected chi connectivity index (χ3v) is 3.21. The minimum Gasteiger partial charge on any atom is -0.493 e. The molecule has 2 unspecified atom stereocenters. The van der Waals surface area contributed by atoms with Gasteiger partial charge in [-0.2, -0.15) is 0 Å². The lowest BCUT2D eigenvalue weighted by atomic mass is 9.87. The molecule has 2 atom stereocenters. The van der Waals surface area contributed by atoms with Crippen LogP contribution in [0.5, 0.6) is 5.75 Å². The van der Waals surface area contributed by atoms with E-state index >= 15 is 0 Å². The Labute approximate surface area is 96.8 Å². The molecule has 3 heteroatoms. The van der Waals surface area contributed by atoms with Gasteiger partial charge in [-0.3, -0.25) is 0 Å². The molecule has 0 saturated carbocycles. The van der Waals surface area contributed by atoms with Crippen molar-refractivity contribution >= 4 is 0 Å². The largest absolute Gasteiger partial charge is 0.493 e. The highest BCUT2D eigenvalue weighted by Crippen LogP contribution is 2.35. The molecule has 1 N–H and O–H groups in total. The maximum atomic E-state index is 5.66. The second kappa shape index (κ2) is 5.32. The minimum absolute atomic E-state index is 0.357. The Morgan fingerprint density at radius 3 is 3.06 bits per heavy atom. The van der Waals surface area contributed by atoms with Crippen LogP contribution in [0, 0.1) is 0 Å². The lowest BCUT2D eigenvalue weighted by molar-refractivity contribution is 0.144. The third kappa shape index (κ3) is 2.20. The molecule has 0 aromatic heterocycles. The summed E-state index contributed by atoms with van der Waals surface area (Å²) in [7, 11) is 3.73. The van der Waals surface area contributed by atoms with Crippen molar-refractivity contribution in [1.29, 1.82) is 0 Å². The second-order valence-electron chi connectivity index (χ2n) is 4.13. The minimum atomic E-state index is 0.357. The Morgan fingerprint density at radius 1 is 1.50 bits per heavy atom. The van der Waals surface area contributed by atoms with Gasteiger partial charge in [-0.05, 0) is 25.1 Å². The fourth-order valence-corrected chi connectivity index (χ4v) is 2.37. The highest BCUT2D eigenvalue weighted by molar-refractivity contribution is 5.38. The summed E-state index contributed by atoms with van der Waals surface area (Å²) >= 11 is 0. The normalized spacial score (nSPS) is 21.0. The molecule has 0 spiro atoms. The van der Waals surface area contributed by atoms with E-state index in [2.05, 4.69) is 17.4 Å². The number of likely N-dealkylation sites (N-methyl/N-ethyl adjacent to an activating group) is 1. The van der Waals surface area contributed by atoms with Crippen LogP contribution < -0.4 is 10.1 Å². The number of para-hydroxylation sites is 1. The first-order chi connectivity index (χ1) is 7.86. The van der Waals surface area contributed by atoms with Gasteiger partial charge in [0.25, 0.3) is 0 Å². The molecule has 0 aliphatic carbocycles. The molecule has 0 fully saturated rings. The average Bonchev–Trinajstić information content (AvgIpc) is 2.35. The average molecular weight is 221 g/mol. The van der Waals surface area contributed by atoms with Gasteiger partial charge in [0.1, 0.15) is 5.75 Å². The fourth-order valence-electron chi connectivity index (χ4n) is 2.37. The first kappa shape index (κ1) is 11.4. The van der Waals surface area contributed by atoms with Crippen molar-refractivity contribution < 1.29 is 9.47 Å². The van der Waals surface area contributed by atoms with Gasteiger partial charge < -0.3 is 14.8 Å². The highest BCUT2D eigenvalue weighted by atomic mass is 16.5. The van der Waals surface area contributed by atoms with Crippen LogP contribution in [-0.4, -0.2) is 33.4 Å². The zero-order chi connectivity index (χ0) is 11.4. The van der Waals surface area contributed by atoms with Crippen molar-refractivity contribution in [3.63, 3.8) is 0 Å². The Hall–Kier alpha value is -1.06. The number of fused-ring (bicyclic) bond motifs is 1. The van der Waals surface area contributed by atoms with E-state index in [9.17, 15) is 0 Å². The van der Waals surface area contributed by atoms with Crippen LogP contribution in [-0.2, 0) is 4.74 Å². The van der Waals surface area contributed by atoms with Crippen molar-refractivity contribution in [1.82, 2.24) is 5.32 Å². The molecular formula is C13H19NO2. The molecule has 1 aliphatic heterocycles. The summed E-state index contributed by atoms with van der Waals surface area (Å²) in [6, 6.07) is 8.64. The summed E-state index contributed by atoms with van der Waals surface area (Å²) in [4.78, 5) is 0. The zero-order valence-electron chi connectivity index (χ0n) is 9.90. The van der Waals surface area contributed by atoms with Gasteiger partial charge in [-0.1, -0.05) is 18.2 Å². The maximum absolute atomic E-state index is 5.66. The van der Waals surface area contributed by atoms with Gasteiger partial charge >= 0.3 is 0 Å². The summed E-state index contributed by atoms with van der Waals surface area (Å²) in [5.74, 6) is 1.50. The molecule has 88 valence electrons. The van der Waals surface area contributed by atoms with Crippen LogP contribution in [0.3, 0.4) is 0 Å². The molecule has 0 radical (unpaired) electrons. The molecule has 0 bridgehead atoms. The van der Waals surface area contributed by atoms with Crippen LogP contribution in [0.25, 0.3) is 0 Å². The number of nitrogens with one attached hydrogen (secondary N) is 1. The van der Waals surface area contributed by atoms with E-state index in [-0.39, 0.29) is 0 Å². The summed E-state index contributed by atoms with van der Waals surface area (Å²) in [5.41, 5.74) is 1.30. The highest BCUT2D eigenvalue weighted by Gasteiger charge is 2.27. The third-order valence-electron chi connectivity index (χ3n) is 3.21. The van der Waals surface area contributed by atoms with E-state index in [1.165, 1.54) is 5.56 Å². The van der Waals surface area contributed by atoms with Gasteiger partial charge in [0.15, 0.2) is 0 Å². The molecule has 1 aromatic carbocycles. The van der Waals surface area contributed by atoms with E-state index < -0.39 is 0 Å². The Balaban J connectivity index is 2.23. The van der Waals surface area contributed by atoms with Gasteiger partial charge in [0, 0.05) is 19.1 Å². The van der Waals surface area contributed by atoms with Crippen LogP contribution in [0.4, 0.5) is 0 Å². The molecule has 1 aliphatic rings. The Kier molecular flexibility index (Phi) is 3.80. The summed E-state index contributed by atoms with van der Waals surface area (Å²) < 4.78 is 10.9. The van der Waals surface area contributed by atoms with Gasteiger partial charge in [0.2, 0.25) is 0 Å². The first-order valence-electron chi connectivity index (χ1n) is 5.74. The monoisotopic (exact) mass is 221 g/mol. The number of rotatable bonds is 4. The predicted molar refractivity (Wildman–Crippen MR) is 64.0 cm³/mol. The van der Waals surface area contributed by atoms with Gasteiger partial charge in [-0.15, -0.1) is 0 Å². The molecule has 0 amide bonds. The van der Waals surface area contributed by atoms with Crippen molar-refractivity contribution in [2.45, 2.75) is 18.4 Å². The standard InChI is InChI=1S/C13H19NO2/c1-14-12(9-15-2)10-7-8-16-13-6-4-3-5-11(10)13/h3-6,10,12,14H,7-9H2,1-2H3. The summed E-state index contributed by atoms with van der Waals surface area (Å²) in [5, 5.41) is 3.33. The summed E-state index contributed by atoms with van der Waals surface area (Å²) in [6.07, 6.45) is 1.05. The lowest BCUT2D eigenvalue weighted by Crippen LogP contribution is -2.38. The maximum Gasteiger partial charge on any atom is 0.122 e. The number of hydrogen-bond donors (Lipinski definition) is 1. The molecule has 1 aromatic rings. The number of methoxy groups -OCH3 is 1. The van der Waals surface area contributed by atoms with Crippen molar-refractivity contribution in [2.75, 3.05) is 27.4 Å². The summed E-state index contributed by atoms with van der Waals surface area (Å²) in [6.45, 7) is 1.53. The molecule has 1 heterocycles. The zero-order valence-corrected chi connectivity index (χ0v) is 9.90. The topological polar surface area (TPSA) is 30.5 Å². The lowest BCUT2D eigenvalue weighted by Gasteiger charge is -2.31. The number of ether oxygens (including phenoxy) is 2. The van der Waals surface area contributed by atoms with E-state index in [4.69, 9.17) is 9.47 Å². The Morgan fingerprint density at radius 2 is 2.31 bits per heavy atom. The van der Waals surface area contributed by atoms with E-state index in [0.29, 0.717) is 12.0 Å². The smallest absolute Gasteiger partial charge is 0.122 e. The molecule has 16 heavy (non-hydrogen) atoms. The van der Waals surface area contributed by atoms with E-state index in [1.54, 1.807) is 7.11 Å². The van der Waals surface area contributed by atoms with Crippen LogP contribution in [0.15, 0.2) is 24.3 Å². The van der Waals surface area contributed by atoms with Crippen LogP contribution in [0.2, 0.25) is 0 Å². The Bertz CT molecular complexity index is 340. The number of hydrogen-bond acceptors (Lipinski definition) is 3. The molecule has 2 rings (SSSR count). The van der Waals surface area contributed by atoms with E-state index in [1.807, 2.05) is 19.2 Å². The molecule has 3 nitrogen and oxygen atoms in total. The van der Waals surface area contributed by atoms with Gasteiger partial charge in [0.05, 0.1) is 13.2 Å². The van der Waals surface area contributed by atoms with Crippen LogP contribution in [0.1, 0.15) is 17.9 Å². The van der Waals surface area contributed by atoms with E-state index in [0.717, 1.165) is 25.4 Å². The number of benzene rings is 1. The SMILES string of the molecule is CNC(COC)C1CCOc2ccccc21. The first-order valence-corrected chi connectivity index (χ1v) is 5.74. The van der Waals surface area contributed by atoms with Crippen molar-refractivity contribution in [3.05, 3.63) is 29.8 Å². The van der Waals surface area contributed by atoms with Crippen molar-refractivity contribution in [3.8, 4) is 5.75 Å². The second-order valence-corrected chi connectivity index (χ2v) is 4.13. The fraction of sp³-hybridized carbons (Fsp3) is 0.538. The molecule has 0 saturated heterocycles. The quantitative estimate of drug-likeness (QED) is 0.840. The van der Waals surface area contributed by atoms with Crippen molar-refractivity contribution in [2.24, 2.45) is 0 Å². The van der Waals surface area contributed by atoms with Crippen LogP contribution >= 0.6 is 0 Å². The predicted octanol–water partition coefficient (Wildman–Crippen LogP) is 1.79. The molecular weight excluding hydrogens is 202 g/mol.